The van der Waals surface area contributed by atoms with E-state index in [2.05, 4.69) is 37.5 Å². The maximum atomic E-state index is 12.8. The van der Waals surface area contributed by atoms with Gasteiger partial charge < -0.3 is 39.8 Å². The lowest BCUT2D eigenvalue weighted by Crippen LogP contribution is -2.58. The van der Waals surface area contributed by atoms with Crippen LogP contribution in [0.4, 0.5) is 0 Å². The second-order valence-electron chi connectivity index (χ2n) is 13.3. The molecule has 0 amide bonds. The number of cyclic esters (lactones) is 1. The molecule has 10 nitrogen and oxygen atoms in total. The second-order valence-corrected chi connectivity index (χ2v) is 13.3. The minimum absolute atomic E-state index is 0.0604. The summed E-state index contributed by atoms with van der Waals surface area (Å²) in [6.45, 7) is 14.9. The van der Waals surface area contributed by atoms with E-state index in [1.807, 2.05) is 32.1 Å². The Morgan fingerprint density at radius 1 is 1.25 bits per heavy atom. The van der Waals surface area contributed by atoms with E-state index >= 15 is 0 Å². The number of esters is 2. The monoisotopic (exact) mass is 620 g/mol. The zero-order valence-electron chi connectivity index (χ0n) is 27.9. The van der Waals surface area contributed by atoms with Gasteiger partial charge in [-0.2, -0.15) is 0 Å². The third-order valence-electron chi connectivity index (χ3n) is 9.44. The van der Waals surface area contributed by atoms with Crippen LogP contribution in [0.1, 0.15) is 80.6 Å². The van der Waals surface area contributed by atoms with E-state index in [1.54, 1.807) is 20.1 Å². The molecule has 250 valence electrons. The van der Waals surface area contributed by atoms with Gasteiger partial charge in [0.1, 0.15) is 23.9 Å². The zero-order chi connectivity index (χ0) is 32.7. The Balaban J connectivity index is 1.83. The number of hydrogen-bond acceptors (Lipinski definition) is 10. The first kappa shape index (κ1) is 36.4. The first-order chi connectivity index (χ1) is 20.7. The lowest BCUT2D eigenvalue weighted by atomic mass is 9.85. The van der Waals surface area contributed by atoms with Gasteiger partial charge in [0.15, 0.2) is 0 Å². The molecule has 3 heterocycles. The Morgan fingerprint density at radius 2 is 1.98 bits per heavy atom. The smallest absolute Gasteiger partial charge is 0.309 e. The Kier molecular flexibility index (Phi) is 13.2. The van der Waals surface area contributed by atoms with Gasteiger partial charge in [0.05, 0.1) is 36.3 Å². The summed E-state index contributed by atoms with van der Waals surface area (Å²) >= 11 is 0. The van der Waals surface area contributed by atoms with E-state index < -0.39 is 35.9 Å². The largest absolute Gasteiger partial charge is 0.457 e. The number of ether oxygens (including phenoxy) is 4. The van der Waals surface area contributed by atoms with Gasteiger partial charge in [0.25, 0.3) is 0 Å². The number of allylic oxidation sites excluding steroid dienone is 2. The Morgan fingerprint density at radius 3 is 2.64 bits per heavy atom. The van der Waals surface area contributed by atoms with Crippen molar-refractivity contribution in [3.8, 4) is 0 Å². The van der Waals surface area contributed by atoms with Crippen LogP contribution in [0.3, 0.4) is 0 Å². The van der Waals surface area contributed by atoms with Crippen molar-refractivity contribution in [3.63, 3.8) is 0 Å². The minimum atomic E-state index is -1.41. The molecule has 0 aromatic rings. The maximum Gasteiger partial charge on any atom is 0.309 e. The van der Waals surface area contributed by atoms with Crippen molar-refractivity contribution in [2.24, 2.45) is 11.8 Å². The molecule has 0 radical (unpaired) electrons. The van der Waals surface area contributed by atoms with Crippen molar-refractivity contribution >= 4 is 11.9 Å². The number of carbonyl (C=O) groups is 2. The molecule has 0 spiro atoms. The summed E-state index contributed by atoms with van der Waals surface area (Å²) in [7, 11) is 1.76. The van der Waals surface area contributed by atoms with E-state index in [0.29, 0.717) is 0 Å². The van der Waals surface area contributed by atoms with Crippen LogP contribution in [0.25, 0.3) is 0 Å². The number of aliphatic hydroxyl groups is 2. The predicted octanol–water partition coefficient (Wildman–Crippen LogP) is 3.36. The Hall–Kier alpha value is -2.08. The van der Waals surface area contributed by atoms with Crippen molar-refractivity contribution in [2.45, 2.75) is 134 Å². The van der Waals surface area contributed by atoms with Crippen LogP contribution in [0.5, 0.6) is 0 Å². The summed E-state index contributed by atoms with van der Waals surface area (Å²) in [5, 5.41) is 29.0. The molecule has 0 bridgehead atoms. The van der Waals surface area contributed by atoms with Gasteiger partial charge in [-0.15, -0.1) is 0 Å². The average Bonchev–Trinajstić information content (AvgIpc) is 3.76. The molecule has 11 atom stereocenters. The molecule has 3 unspecified atom stereocenters. The molecule has 2 saturated heterocycles. The summed E-state index contributed by atoms with van der Waals surface area (Å²) < 4.78 is 23.3. The highest BCUT2D eigenvalue weighted by molar-refractivity contribution is 5.70. The fourth-order valence-corrected chi connectivity index (χ4v) is 6.56. The van der Waals surface area contributed by atoms with Gasteiger partial charge in [-0.25, -0.2) is 0 Å². The number of nitrogens with one attached hydrogen (secondary N) is 2. The fourth-order valence-electron chi connectivity index (χ4n) is 6.56. The quantitative estimate of drug-likeness (QED) is 0.131. The molecule has 0 aromatic carbocycles. The third kappa shape index (κ3) is 9.71. The summed E-state index contributed by atoms with van der Waals surface area (Å²) in [5.74, 6) is -1.04. The lowest BCUT2D eigenvalue weighted by Gasteiger charge is -2.34. The number of methoxy groups -OCH3 is 1. The number of rotatable bonds is 9. The van der Waals surface area contributed by atoms with Crippen LogP contribution in [0, 0.1) is 11.8 Å². The van der Waals surface area contributed by atoms with Crippen molar-refractivity contribution in [1.82, 2.24) is 10.6 Å². The summed E-state index contributed by atoms with van der Waals surface area (Å²) in [5.41, 5.74) is -0.983. The molecular weight excluding hydrogens is 564 g/mol. The highest BCUT2D eigenvalue weighted by Crippen LogP contribution is 2.39. The van der Waals surface area contributed by atoms with Gasteiger partial charge in [0.2, 0.25) is 0 Å². The van der Waals surface area contributed by atoms with Crippen LogP contribution in [-0.2, 0) is 28.5 Å². The molecule has 10 heteroatoms. The Bertz CT molecular complexity index is 1050. The van der Waals surface area contributed by atoms with Crippen molar-refractivity contribution in [2.75, 3.05) is 20.2 Å². The van der Waals surface area contributed by atoms with Gasteiger partial charge in [-0.1, -0.05) is 45.1 Å². The Labute approximate surface area is 263 Å². The van der Waals surface area contributed by atoms with E-state index in [-0.39, 0.29) is 61.0 Å². The minimum Gasteiger partial charge on any atom is -0.457 e. The number of hydrogen-bond donors (Lipinski definition) is 4. The van der Waals surface area contributed by atoms with Crippen molar-refractivity contribution in [3.05, 3.63) is 36.0 Å². The highest BCUT2D eigenvalue weighted by atomic mass is 16.6. The number of aliphatic hydroxyl groups excluding tert-OH is 1. The normalized spacial score (nSPS) is 39.7. The molecule has 4 N–H and O–H groups in total. The first-order valence-electron chi connectivity index (χ1n) is 16.2. The zero-order valence-corrected chi connectivity index (χ0v) is 27.9. The molecular formula is C34H56N2O8. The van der Waals surface area contributed by atoms with Crippen LogP contribution in [0.15, 0.2) is 36.0 Å². The first-order valence-corrected chi connectivity index (χ1v) is 16.2. The van der Waals surface area contributed by atoms with Gasteiger partial charge in [-0.05, 0) is 71.2 Å². The predicted molar refractivity (Wildman–Crippen MR) is 169 cm³/mol. The summed E-state index contributed by atoms with van der Waals surface area (Å²) in [6, 6.07) is 0.0604. The molecule has 0 aromatic heterocycles. The summed E-state index contributed by atoms with van der Waals surface area (Å²) in [4.78, 5) is 24.6. The number of epoxide rings is 1. The fraction of sp³-hybridized carbons (Fsp3) is 0.765. The van der Waals surface area contributed by atoms with Gasteiger partial charge >= 0.3 is 11.9 Å². The van der Waals surface area contributed by atoms with Crippen LogP contribution >= 0.6 is 0 Å². The molecule has 0 saturated carbocycles. The molecule has 0 aliphatic carbocycles. The van der Waals surface area contributed by atoms with Crippen LogP contribution in [-0.4, -0.2) is 96.2 Å². The topological polar surface area (TPSA) is 139 Å². The standard InChI is InChI=1S/C34H56N2O8/c1-9-26(41-8)23(4)30-31(44-30)32-33(6,36-19-11-18-35-32)16-10-12-21(2)29-22(3)13-14-27(42-24(5)37)34(7,40)17-15-25(38)20-28(39)43-29/h10,12-14,16,22-23,25-27,29-32,35-36,38,40H,9,11,15,17-20H2,1-8H3/b14-13+,16-10+,21-12+/t22-,23+,25+,26-,27-,29?,30+,31-,32?,33?,34+/m0/s1. The van der Waals surface area contributed by atoms with Crippen LogP contribution < -0.4 is 10.6 Å². The van der Waals surface area contributed by atoms with Crippen molar-refractivity contribution in [1.29, 1.82) is 0 Å². The van der Waals surface area contributed by atoms with E-state index in [9.17, 15) is 19.8 Å². The number of carbonyl (C=O) groups excluding carboxylic acids is 2. The maximum absolute atomic E-state index is 12.8. The average molecular weight is 621 g/mol. The molecule has 3 aliphatic heterocycles. The highest BCUT2D eigenvalue weighted by Gasteiger charge is 2.54. The SMILES string of the molecule is CC[C@H](OC)[C@@H](C)[C@H]1O[C@@H]1C1NCCCNC1(C)/C=C/C=C(\C)C1OC(=O)C[C@H](O)CC[C@@](C)(O)[C@@H](OC(C)=O)/C=C/[C@@H]1C. The molecule has 2 fully saturated rings. The second kappa shape index (κ2) is 16.0. The molecule has 44 heavy (non-hydrogen) atoms. The summed E-state index contributed by atoms with van der Waals surface area (Å²) in [6.07, 6.45) is 9.40. The van der Waals surface area contributed by atoms with Crippen molar-refractivity contribution < 1.29 is 38.7 Å². The van der Waals surface area contributed by atoms with E-state index in [1.165, 1.54) is 6.92 Å². The van der Waals surface area contributed by atoms with Gasteiger partial charge in [-0.3, -0.25) is 9.59 Å². The lowest BCUT2D eigenvalue weighted by molar-refractivity contribution is -0.157. The van der Waals surface area contributed by atoms with E-state index in [0.717, 1.165) is 31.5 Å². The van der Waals surface area contributed by atoms with E-state index in [4.69, 9.17) is 18.9 Å². The third-order valence-corrected chi connectivity index (χ3v) is 9.44. The molecule has 3 rings (SSSR count). The van der Waals surface area contributed by atoms with Gasteiger partial charge in [0, 0.05) is 25.9 Å². The molecule has 3 aliphatic rings. The van der Waals surface area contributed by atoms with Crippen LogP contribution in [0.2, 0.25) is 0 Å².